The van der Waals surface area contributed by atoms with Gasteiger partial charge in [0.25, 0.3) is 0 Å². The third-order valence-corrected chi connectivity index (χ3v) is 2.98. The van der Waals surface area contributed by atoms with E-state index in [9.17, 15) is 0 Å². The standard InChI is InChI=1S/C12H16N4/c1-12(2)9-14-6-7-16(12)11-4-3-5-15-10(11)8-13/h3-5,14H,6-7,9H2,1-2H3. The van der Waals surface area contributed by atoms with Crippen LogP contribution in [-0.2, 0) is 0 Å². The van der Waals surface area contributed by atoms with Gasteiger partial charge < -0.3 is 10.2 Å². The van der Waals surface area contributed by atoms with E-state index in [1.165, 1.54) is 0 Å². The summed E-state index contributed by atoms with van der Waals surface area (Å²) in [5, 5.41) is 12.4. The molecule has 0 spiro atoms. The van der Waals surface area contributed by atoms with Crippen LogP contribution in [0.3, 0.4) is 0 Å². The van der Waals surface area contributed by atoms with E-state index in [0.29, 0.717) is 5.69 Å². The molecule has 1 aliphatic rings. The van der Waals surface area contributed by atoms with Crippen molar-refractivity contribution >= 4 is 5.69 Å². The number of hydrogen-bond acceptors (Lipinski definition) is 4. The molecule has 0 aliphatic carbocycles. The van der Waals surface area contributed by atoms with E-state index in [1.54, 1.807) is 6.20 Å². The Morgan fingerprint density at radius 1 is 1.56 bits per heavy atom. The van der Waals surface area contributed by atoms with Gasteiger partial charge in [-0.2, -0.15) is 5.26 Å². The fourth-order valence-corrected chi connectivity index (χ4v) is 2.13. The molecule has 0 unspecified atom stereocenters. The van der Waals surface area contributed by atoms with Gasteiger partial charge in [0.15, 0.2) is 5.69 Å². The maximum atomic E-state index is 9.06. The molecule has 2 rings (SSSR count). The number of anilines is 1. The molecular formula is C12H16N4. The number of nitrogens with one attached hydrogen (secondary N) is 1. The van der Waals surface area contributed by atoms with Crippen LogP contribution < -0.4 is 10.2 Å². The SMILES string of the molecule is CC1(C)CNCCN1c1cccnc1C#N. The van der Waals surface area contributed by atoms with Gasteiger partial charge in [0.2, 0.25) is 0 Å². The quantitative estimate of drug-likeness (QED) is 0.765. The van der Waals surface area contributed by atoms with Crippen LogP contribution in [-0.4, -0.2) is 30.2 Å². The molecule has 0 saturated carbocycles. The van der Waals surface area contributed by atoms with Crippen LogP contribution in [0.2, 0.25) is 0 Å². The summed E-state index contributed by atoms with van der Waals surface area (Å²) in [5.41, 5.74) is 1.47. The zero-order valence-corrected chi connectivity index (χ0v) is 9.70. The Morgan fingerprint density at radius 3 is 3.06 bits per heavy atom. The van der Waals surface area contributed by atoms with Gasteiger partial charge in [0.1, 0.15) is 6.07 Å². The Hall–Kier alpha value is -1.60. The van der Waals surface area contributed by atoms with Crippen molar-refractivity contribution in [1.82, 2.24) is 10.3 Å². The first kappa shape index (κ1) is 10.9. The van der Waals surface area contributed by atoms with Crippen molar-refractivity contribution in [3.05, 3.63) is 24.0 Å². The van der Waals surface area contributed by atoms with Crippen molar-refractivity contribution in [2.45, 2.75) is 19.4 Å². The summed E-state index contributed by atoms with van der Waals surface area (Å²) >= 11 is 0. The molecule has 0 bridgehead atoms. The van der Waals surface area contributed by atoms with E-state index in [0.717, 1.165) is 25.3 Å². The van der Waals surface area contributed by atoms with Gasteiger partial charge >= 0.3 is 0 Å². The van der Waals surface area contributed by atoms with Crippen LogP contribution in [0, 0.1) is 11.3 Å². The van der Waals surface area contributed by atoms with E-state index in [4.69, 9.17) is 5.26 Å². The van der Waals surface area contributed by atoms with Gasteiger partial charge in [-0.05, 0) is 26.0 Å². The summed E-state index contributed by atoms with van der Waals surface area (Å²) in [6.45, 7) is 7.13. The lowest BCUT2D eigenvalue weighted by atomic mass is 9.99. The summed E-state index contributed by atoms with van der Waals surface area (Å²) in [6, 6.07) is 6.01. The second-order valence-electron chi connectivity index (χ2n) is 4.62. The molecule has 1 aromatic rings. The van der Waals surface area contributed by atoms with Gasteiger partial charge in [-0.15, -0.1) is 0 Å². The first-order valence-corrected chi connectivity index (χ1v) is 5.48. The Bertz CT molecular complexity index is 419. The zero-order chi connectivity index (χ0) is 11.6. The Labute approximate surface area is 95.9 Å². The van der Waals surface area contributed by atoms with Crippen LogP contribution >= 0.6 is 0 Å². The minimum absolute atomic E-state index is 0.0207. The maximum absolute atomic E-state index is 9.06. The lowest BCUT2D eigenvalue weighted by Gasteiger charge is -2.44. The first-order valence-electron chi connectivity index (χ1n) is 5.48. The number of hydrogen-bond donors (Lipinski definition) is 1. The summed E-state index contributed by atoms with van der Waals surface area (Å²) in [4.78, 5) is 6.37. The second-order valence-corrected chi connectivity index (χ2v) is 4.62. The molecule has 4 nitrogen and oxygen atoms in total. The number of nitriles is 1. The zero-order valence-electron chi connectivity index (χ0n) is 9.70. The van der Waals surface area contributed by atoms with Crippen molar-refractivity contribution in [2.24, 2.45) is 0 Å². The first-order chi connectivity index (χ1) is 7.65. The maximum Gasteiger partial charge on any atom is 0.163 e. The predicted molar refractivity (Wildman–Crippen MR) is 63.2 cm³/mol. The molecule has 1 fully saturated rings. The van der Waals surface area contributed by atoms with Crippen LogP contribution in [0.4, 0.5) is 5.69 Å². The lowest BCUT2D eigenvalue weighted by molar-refractivity contribution is 0.380. The normalized spacial score (nSPS) is 19.2. The van der Waals surface area contributed by atoms with Crippen LogP contribution in [0.25, 0.3) is 0 Å². The van der Waals surface area contributed by atoms with Gasteiger partial charge in [-0.25, -0.2) is 4.98 Å². The fraction of sp³-hybridized carbons (Fsp3) is 0.500. The van der Waals surface area contributed by atoms with Crippen LogP contribution in [0.1, 0.15) is 19.5 Å². The smallest absolute Gasteiger partial charge is 0.163 e. The second kappa shape index (κ2) is 4.11. The summed E-state index contributed by atoms with van der Waals surface area (Å²) in [5.74, 6) is 0. The molecule has 2 heterocycles. The summed E-state index contributed by atoms with van der Waals surface area (Å²) in [7, 11) is 0. The molecule has 1 aromatic heterocycles. The van der Waals surface area contributed by atoms with Gasteiger partial charge in [-0.3, -0.25) is 0 Å². The molecule has 1 N–H and O–H groups in total. The molecule has 84 valence electrons. The van der Waals surface area contributed by atoms with Crippen LogP contribution in [0.15, 0.2) is 18.3 Å². The highest BCUT2D eigenvalue weighted by Gasteiger charge is 2.31. The van der Waals surface area contributed by atoms with Crippen molar-refractivity contribution in [3.63, 3.8) is 0 Å². The van der Waals surface area contributed by atoms with Crippen molar-refractivity contribution in [1.29, 1.82) is 5.26 Å². The number of rotatable bonds is 1. The summed E-state index contributed by atoms with van der Waals surface area (Å²) < 4.78 is 0. The predicted octanol–water partition coefficient (Wildman–Crippen LogP) is 1.14. The monoisotopic (exact) mass is 216 g/mol. The van der Waals surface area contributed by atoms with E-state index in [2.05, 4.69) is 35.1 Å². The number of pyridine rings is 1. The Morgan fingerprint density at radius 2 is 2.38 bits per heavy atom. The molecule has 16 heavy (non-hydrogen) atoms. The molecule has 0 atom stereocenters. The van der Waals surface area contributed by atoms with E-state index in [1.807, 2.05) is 12.1 Å². The van der Waals surface area contributed by atoms with Gasteiger partial charge in [0.05, 0.1) is 5.69 Å². The van der Waals surface area contributed by atoms with Crippen molar-refractivity contribution < 1.29 is 0 Å². The van der Waals surface area contributed by atoms with E-state index >= 15 is 0 Å². The highest BCUT2D eigenvalue weighted by Crippen LogP contribution is 2.26. The molecule has 4 heteroatoms. The summed E-state index contributed by atoms with van der Waals surface area (Å²) in [6.07, 6.45) is 1.66. The number of nitrogens with zero attached hydrogens (tertiary/aromatic N) is 3. The fourth-order valence-electron chi connectivity index (χ4n) is 2.13. The average molecular weight is 216 g/mol. The van der Waals surface area contributed by atoms with Crippen LogP contribution in [0.5, 0.6) is 0 Å². The Balaban J connectivity index is 2.39. The number of piperazine rings is 1. The molecular weight excluding hydrogens is 200 g/mol. The number of aromatic nitrogens is 1. The molecule has 0 aromatic carbocycles. The third kappa shape index (κ3) is 1.86. The van der Waals surface area contributed by atoms with Gasteiger partial charge in [-0.1, -0.05) is 0 Å². The van der Waals surface area contributed by atoms with Gasteiger partial charge in [0, 0.05) is 31.4 Å². The molecule has 1 saturated heterocycles. The molecule has 1 aliphatic heterocycles. The third-order valence-electron chi connectivity index (χ3n) is 2.98. The highest BCUT2D eigenvalue weighted by atomic mass is 15.3. The minimum atomic E-state index is 0.0207. The van der Waals surface area contributed by atoms with Crippen molar-refractivity contribution in [3.8, 4) is 6.07 Å². The Kier molecular flexibility index (Phi) is 2.80. The minimum Gasteiger partial charge on any atom is -0.362 e. The highest BCUT2D eigenvalue weighted by molar-refractivity contribution is 5.57. The molecule has 0 radical (unpaired) electrons. The van der Waals surface area contributed by atoms with E-state index < -0.39 is 0 Å². The van der Waals surface area contributed by atoms with E-state index in [-0.39, 0.29) is 5.54 Å². The topological polar surface area (TPSA) is 52.0 Å². The average Bonchev–Trinajstić information content (AvgIpc) is 2.28. The van der Waals surface area contributed by atoms with Crippen molar-refractivity contribution in [2.75, 3.05) is 24.5 Å². The largest absolute Gasteiger partial charge is 0.362 e. The lowest BCUT2D eigenvalue weighted by Crippen LogP contribution is -2.58. The molecule has 0 amide bonds.